The van der Waals surface area contributed by atoms with Crippen LogP contribution in [0.4, 0.5) is 11.4 Å². The first-order valence-electron chi connectivity index (χ1n) is 6.50. The molecule has 2 N–H and O–H groups in total. The van der Waals surface area contributed by atoms with Crippen molar-refractivity contribution in [1.82, 2.24) is 4.90 Å². The maximum atomic E-state index is 5.91. The average Bonchev–Trinajstić information content (AvgIpc) is 2.36. The number of hydrogen-bond donors (Lipinski definition) is 1. The Labute approximate surface area is 110 Å². The highest BCUT2D eigenvalue weighted by Gasteiger charge is 2.05. The molecule has 0 unspecified atom stereocenters. The molecular weight excluding hydrogens is 226 g/mol. The second-order valence-corrected chi connectivity index (χ2v) is 4.49. The van der Waals surface area contributed by atoms with E-state index in [1.165, 1.54) is 0 Å². The van der Waals surface area contributed by atoms with Crippen LogP contribution in [-0.4, -0.2) is 45.2 Å². The van der Waals surface area contributed by atoms with Gasteiger partial charge in [0.25, 0.3) is 0 Å². The zero-order valence-electron chi connectivity index (χ0n) is 11.9. The summed E-state index contributed by atoms with van der Waals surface area (Å²) in [6.07, 6.45) is 0. The molecule has 0 atom stereocenters. The van der Waals surface area contributed by atoms with Crippen LogP contribution in [0.1, 0.15) is 13.8 Å². The smallest absolute Gasteiger partial charge is 0.144 e. The van der Waals surface area contributed by atoms with Gasteiger partial charge in [0.05, 0.1) is 5.69 Å². The maximum absolute atomic E-state index is 5.91. The number of likely N-dealkylation sites (N-methyl/N-ethyl adjacent to an activating group) is 1. The molecule has 0 aromatic heterocycles. The predicted molar refractivity (Wildman–Crippen MR) is 78.5 cm³/mol. The molecule has 1 rings (SSSR count). The van der Waals surface area contributed by atoms with E-state index in [0.717, 1.165) is 31.1 Å². The van der Waals surface area contributed by atoms with Gasteiger partial charge >= 0.3 is 0 Å². The van der Waals surface area contributed by atoms with E-state index < -0.39 is 0 Å². The fourth-order valence-electron chi connectivity index (χ4n) is 1.75. The Bertz CT molecular complexity index is 362. The van der Waals surface area contributed by atoms with Crippen molar-refractivity contribution in [1.29, 1.82) is 0 Å². The molecule has 0 saturated heterocycles. The lowest BCUT2D eigenvalue weighted by Gasteiger charge is -2.19. The molecule has 0 fully saturated rings. The second-order valence-electron chi connectivity index (χ2n) is 4.49. The van der Waals surface area contributed by atoms with E-state index in [9.17, 15) is 0 Å². The van der Waals surface area contributed by atoms with Gasteiger partial charge < -0.3 is 20.3 Å². The molecule has 0 radical (unpaired) electrons. The van der Waals surface area contributed by atoms with Crippen LogP contribution in [0.25, 0.3) is 0 Å². The Morgan fingerprint density at radius 1 is 1.17 bits per heavy atom. The van der Waals surface area contributed by atoms with Crippen LogP contribution in [0.3, 0.4) is 0 Å². The quantitative estimate of drug-likeness (QED) is 0.753. The second kappa shape index (κ2) is 7.11. The first kappa shape index (κ1) is 14.6. The van der Waals surface area contributed by atoms with Gasteiger partial charge in [-0.25, -0.2) is 0 Å². The summed E-state index contributed by atoms with van der Waals surface area (Å²) in [5, 5.41) is 0. The molecule has 1 aromatic rings. The summed E-state index contributed by atoms with van der Waals surface area (Å²) in [6, 6.07) is 5.87. The summed E-state index contributed by atoms with van der Waals surface area (Å²) in [7, 11) is 4.01. The van der Waals surface area contributed by atoms with E-state index in [4.69, 9.17) is 10.5 Å². The van der Waals surface area contributed by atoms with Crippen molar-refractivity contribution in [3.63, 3.8) is 0 Å². The molecule has 0 aliphatic rings. The van der Waals surface area contributed by atoms with Crippen LogP contribution in [-0.2, 0) is 0 Å². The van der Waals surface area contributed by atoms with E-state index in [0.29, 0.717) is 12.3 Å². The summed E-state index contributed by atoms with van der Waals surface area (Å²) in [6.45, 7) is 8.01. The summed E-state index contributed by atoms with van der Waals surface area (Å²) >= 11 is 0. The van der Waals surface area contributed by atoms with Gasteiger partial charge in [-0.3, -0.25) is 0 Å². The van der Waals surface area contributed by atoms with Crippen LogP contribution >= 0.6 is 0 Å². The van der Waals surface area contributed by atoms with Crippen molar-refractivity contribution in [3.8, 4) is 5.75 Å². The predicted octanol–water partition coefficient (Wildman–Crippen LogP) is 2.06. The van der Waals surface area contributed by atoms with Crippen molar-refractivity contribution in [2.45, 2.75) is 13.8 Å². The van der Waals surface area contributed by atoms with E-state index in [1.807, 2.05) is 37.2 Å². The largest absolute Gasteiger partial charge is 0.490 e. The monoisotopic (exact) mass is 251 g/mol. The molecule has 0 aliphatic heterocycles. The van der Waals surface area contributed by atoms with Gasteiger partial charge in [-0.2, -0.15) is 0 Å². The Kier molecular flexibility index (Phi) is 5.78. The molecule has 0 spiro atoms. The summed E-state index contributed by atoms with van der Waals surface area (Å²) in [5.74, 6) is 0.772. The first-order chi connectivity index (χ1) is 8.58. The third kappa shape index (κ3) is 4.11. The molecule has 0 heterocycles. The molecule has 0 aliphatic carbocycles. The number of rotatable bonds is 7. The Morgan fingerprint density at radius 2 is 1.83 bits per heavy atom. The Balaban J connectivity index is 2.58. The molecule has 4 nitrogen and oxygen atoms in total. The fourth-order valence-corrected chi connectivity index (χ4v) is 1.75. The zero-order valence-corrected chi connectivity index (χ0v) is 11.9. The highest BCUT2D eigenvalue weighted by atomic mass is 16.5. The van der Waals surface area contributed by atoms with Crippen LogP contribution < -0.4 is 15.4 Å². The van der Waals surface area contributed by atoms with Gasteiger partial charge in [0.2, 0.25) is 0 Å². The van der Waals surface area contributed by atoms with E-state index >= 15 is 0 Å². The maximum Gasteiger partial charge on any atom is 0.144 e. The zero-order chi connectivity index (χ0) is 13.5. The SMILES string of the molecule is CCN(CC)CCOc1cc(N(C)C)ccc1N. The molecule has 0 bridgehead atoms. The molecule has 0 amide bonds. The number of hydrogen-bond acceptors (Lipinski definition) is 4. The van der Waals surface area contributed by atoms with Crippen molar-refractivity contribution < 1.29 is 4.74 Å². The highest BCUT2D eigenvalue weighted by molar-refractivity contribution is 5.61. The van der Waals surface area contributed by atoms with Gasteiger partial charge in [0, 0.05) is 32.4 Å². The lowest BCUT2D eigenvalue weighted by molar-refractivity contribution is 0.223. The van der Waals surface area contributed by atoms with Crippen molar-refractivity contribution in [2.75, 3.05) is 51.0 Å². The van der Waals surface area contributed by atoms with E-state index in [-0.39, 0.29) is 0 Å². The number of anilines is 2. The number of ether oxygens (including phenoxy) is 1. The van der Waals surface area contributed by atoms with Crippen molar-refractivity contribution >= 4 is 11.4 Å². The van der Waals surface area contributed by atoms with Crippen LogP contribution in [0.2, 0.25) is 0 Å². The highest BCUT2D eigenvalue weighted by Crippen LogP contribution is 2.26. The van der Waals surface area contributed by atoms with Gasteiger partial charge in [-0.15, -0.1) is 0 Å². The van der Waals surface area contributed by atoms with Crippen molar-refractivity contribution in [2.24, 2.45) is 0 Å². The molecular formula is C14H25N3O. The number of nitrogen functional groups attached to an aromatic ring is 1. The minimum Gasteiger partial charge on any atom is -0.490 e. The van der Waals surface area contributed by atoms with Gasteiger partial charge in [-0.1, -0.05) is 13.8 Å². The average molecular weight is 251 g/mol. The fraction of sp³-hybridized carbons (Fsp3) is 0.571. The van der Waals surface area contributed by atoms with Crippen molar-refractivity contribution in [3.05, 3.63) is 18.2 Å². The summed E-state index contributed by atoms with van der Waals surface area (Å²) in [5.41, 5.74) is 7.71. The lowest BCUT2D eigenvalue weighted by atomic mass is 10.2. The Morgan fingerprint density at radius 3 is 2.39 bits per heavy atom. The summed E-state index contributed by atoms with van der Waals surface area (Å²) in [4.78, 5) is 4.36. The van der Waals surface area contributed by atoms with Gasteiger partial charge in [-0.05, 0) is 25.2 Å². The normalized spacial score (nSPS) is 10.7. The number of nitrogens with two attached hydrogens (primary N) is 1. The number of nitrogens with zero attached hydrogens (tertiary/aromatic N) is 2. The molecule has 1 aromatic carbocycles. The lowest BCUT2D eigenvalue weighted by Crippen LogP contribution is -2.28. The first-order valence-corrected chi connectivity index (χ1v) is 6.50. The third-order valence-corrected chi connectivity index (χ3v) is 3.07. The molecule has 102 valence electrons. The minimum atomic E-state index is 0.669. The summed E-state index contributed by atoms with van der Waals surface area (Å²) < 4.78 is 5.77. The topological polar surface area (TPSA) is 41.7 Å². The minimum absolute atomic E-state index is 0.669. The third-order valence-electron chi connectivity index (χ3n) is 3.07. The molecule has 4 heteroatoms. The number of benzene rings is 1. The molecule has 0 saturated carbocycles. The van der Waals surface area contributed by atoms with Crippen LogP contribution in [0.15, 0.2) is 18.2 Å². The van der Waals surface area contributed by atoms with Gasteiger partial charge in [0.1, 0.15) is 12.4 Å². The Hall–Kier alpha value is -1.42. The van der Waals surface area contributed by atoms with E-state index in [1.54, 1.807) is 0 Å². The van der Waals surface area contributed by atoms with Crippen LogP contribution in [0.5, 0.6) is 5.75 Å². The van der Waals surface area contributed by atoms with Gasteiger partial charge in [0.15, 0.2) is 0 Å². The van der Waals surface area contributed by atoms with E-state index in [2.05, 4.69) is 18.7 Å². The molecule has 18 heavy (non-hydrogen) atoms. The van der Waals surface area contributed by atoms with Crippen LogP contribution in [0, 0.1) is 0 Å². The standard InChI is InChI=1S/C14H25N3O/c1-5-17(6-2)9-10-18-14-11-12(16(3)4)7-8-13(14)15/h7-8,11H,5-6,9-10,15H2,1-4H3.